The third-order valence-electron chi connectivity index (χ3n) is 10.0. The number of amides is 4. The van der Waals surface area contributed by atoms with Gasteiger partial charge in [-0.15, -0.1) is 0 Å². The van der Waals surface area contributed by atoms with Gasteiger partial charge >= 0.3 is 11.9 Å². The fraction of sp³-hybridized carbons (Fsp3) is 0.706. The van der Waals surface area contributed by atoms with Gasteiger partial charge in [0.25, 0.3) is 21.0 Å². The van der Waals surface area contributed by atoms with Gasteiger partial charge in [0.05, 0.1) is 13.1 Å². The molecule has 4 unspecified atom stereocenters. The molecular weight excluding hydrogens is 785 g/mol. The summed E-state index contributed by atoms with van der Waals surface area (Å²) in [6.45, 7) is 12.4. The Balaban J connectivity index is 0.931. The van der Waals surface area contributed by atoms with Crippen molar-refractivity contribution in [3.63, 3.8) is 0 Å². The Kier molecular flexibility index (Phi) is 16.9. The molecule has 0 radical (unpaired) electrons. The van der Waals surface area contributed by atoms with E-state index in [-0.39, 0.29) is 47.3 Å². The number of nitrogens with one attached hydrogen (secondary N) is 4. The van der Waals surface area contributed by atoms with E-state index in [9.17, 15) is 28.8 Å². The van der Waals surface area contributed by atoms with Crippen LogP contribution in [-0.4, -0.2) is 118 Å². The van der Waals surface area contributed by atoms with Crippen LogP contribution in [0.25, 0.3) is 0 Å². The zero-order valence-corrected chi connectivity index (χ0v) is 34.7. The molecule has 0 aromatic rings. The lowest BCUT2D eigenvalue weighted by molar-refractivity contribution is -0.139. The van der Waals surface area contributed by atoms with Gasteiger partial charge in [-0.2, -0.15) is 23.5 Å². The lowest BCUT2D eigenvalue weighted by atomic mass is 9.98. The minimum Gasteiger partial charge on any atom is -0.460 e. The summed E-state index contributed by atoms with van der Waals surface area (Å²) in [6, 6.07) is 0. The number of carbonyl (C=O) groups excluding carboxylic acids is 6. The van der Waals surface area contributed by atoms with Crippen LogP contribution in [0, 0.1) is 28.1 Å². The van der Waals surface area contributed by atoms with Crippen molar-refractivity contribution >= 4 is 103 Å². The van der Waals surface area contributed by atoms with E-state index in [2.05, 4.69) is 34.4 Å². The van der Waals surface area contributed by atoms with Crippen LogP contribution in [0.1, 0.15) is 33.1 Å². The molecule has 0 bridgehead atoms. The Bertz CT molecular complexity index is 1380. The van der Waals surface area contributed by atoms with Crippen LogP contribution in [0.2, 0.25) is 0 Å². The summed E-state index contributed by atoms with van der Waals surface area (Å²) >= 11 is 8.46. The normalized spacial score (nSPS) is 25.3. The van der Waals surface area contributed by atoms with Crippen LogP contribution in [0.4, 0.5) is 19.2 Å². The number of esters is 2. The molecule has 4 saturated carbocycles. The van der Waals surface area contributed by atoms with Crippen molar-refractivity contribution in [3.05, 3.63) is 24.3 Å². The van der Waals surface area contributed by atoms with Crippen molar-refractivity contribution in [2.45, 2.75) is 33.1 Å². The molecule has 4 aliphatic rings. The van der Waals surface area contributed by atoms with E-state index in [4.69, 9.17) is 9.47 Å². The zero-order chi connectivity index (χ0) is 37.8. The first-order valence-electron chi connectivity index (χ1n) is 17.3. The van der Waals surface area contributed by atoms with Gasteiger partial charge in [-0.05, 0) is 55.8 Å². The number of ether oxygens (including phenoxy) is 2. The molecule has 4 fully saturated rings. The highest BCUT2D eigenvalue weighted by atomic mass is 32.2. The molecule has 290 valence electrons. The standard InChI is InChI=1S/C34H50N4O8S6/c1-22(2)26(39)45-7-5-35-28(41)49-13-9-47-11-15-51-30(43)37-19-24-17-32-20-33(32,34(32)18-25(24)34)21-38-31(44)52-16-12-48-10-14-50-29(42)36-6-8-46-27(40)23(3)4/h24-25H,1,3,5-21H2,2,4H3,(H,35,41)(H,36,42)(H,37,43)(H,38,44)/t24?,25?,32?,33-,34?/m1/s1. The number of rotatable bonds is 24. The third-order valence-corrected chi connectivity index (χ3v) is 16.3. The smallest absolute Gasteiger partial charge is 0.333 e. The highest BCUT2D eigenvalue weighted by Crippen LogP contribution is 3.11. The Morgan fingerprint density at radius 1 is 0.635 bits per heavy atom. The van der Waals surface area contributed by atoms with E-state index in [1.807, 2.05) is 0 Å². The molecule has 0 aromatic carbocycles. The number of hydrogen-bond acceptors (Lipinski definition) is 14. The zero-order valence-electron chi connectivity index (χ0n) is 29.8. The lowest BCUT2D eigenvalue weighted by Gasteiger charge is -2.16. The number of hydrogen-bond donors (Lipinski definition) is 4. The van der Waals surface area contributed by atoms with Gasteiger partial charge < -0.3 is 30.7 Å². The van der Waals surface area contributed by atoms with Crippen molar-refractivity contribution in [2.24, 2.45) is 28.1 Å². The first-order chi connectivity index (χ1) is 24.9. The monoisotopic (exact) mass is 834 g/mol. The lowest BCUT2D eigenvalue weighted by Crippen LogP contribution is -2.29. The molecule has 0 saturated heterocycles. The van der Waals surface area contributed by atoms with Crippen molar-refractivity contribution in [1.82, 2.24) is 21.3 Å². The molecule has 5 atom stereocenters. The van der Waals surface area contributed by atoms with Gasteiger partial charge in [0.2, 0.25) is 0 Å². The molecule has 4 N–H and O–H groups in total. The minimum atomic E-state index is -0.465. The van der Waals surface area contributed by atoms with E-state index in [1.54, 1.807) is 37.4 Å². The summed E-state index contributed by atoms with van der Waals surface area (Å²) in [5.74, 6) is 6.34. The predicted octanol–water partition coefficient (Wildman–Crippen LogP) is 5.88. The largest absolute Gasteiger partial charge is 0.460 e. The summed E-state index contributed by atoms with van der Waals surface area (Å²) in [5, 5.41) is 11.5. The topological polar surface area (TPSA) is 169 Å². The van der Waals surface area contributed by atoms with Crippen LogP contribution in [-0.2, 0) is 19.1 Å². The summed E-state index contributed by atoms with van der Waals surface area (Å²) in [5.41, 5.74) is 1.76. The van der Waals surface area contributed by atoms with E-state index >= 15 is 0 Å². The molecule has 18 heteroatoms. The quantitative estimate of drug-likeness (QED) is 0.0517. The van der Waals surface area contributed by atoms with E-state index in [0.29, 0.717) is 50.7 Å². The van der Waals surface area contributed by atoms with Crippen LogP contribution in [0.3, 0.4) is 0 Å². The van der Waals surface area contributed by atoms with Crippen LogP contribution < -0.4 is 21.3 Å². The maximum Gasteiger partial charge on any atom is 0.333 e. The van der Waals surface area contributed by atoms with Gasteiger partial charge in [0, 0.05) is 75.7 Å². The summed E-state index contributed by atoms with van der Waals surface area (Å²) in [7, 11) is 0. The van der Waals surface area contributed by atoms with Crippen molar-refractivity contribution < 1.29 is 38.2 Å². The highest BCUT2D eigenvalue weighted by molar-refractivity contribution is 8.15. The molecule has 4 rings (SSSR count). The van der Waals surface area contributed by atoms with Gasteiger partial charge in [-0.3, -0.25) is 19.2 Å². The van der Waals surface area contributed by atoms with Crippen molar-refractivity contribution in [1.29, 1.82) is 0 Å². The molecule has 4 amide bonds. The Hall–Kier alpha value is -1.60. The highest BCUT2D eigenvalue weighted by Gasteiger charge is 3.08. The average Bonchev–Trinajstić information content (AvgIpc) is 4.04. The van der Waals surface area contributed by atoms with Gasteiger partial charge in [0.15, 0.2) is 0 Å². The SMILES string of the molecule is C=C(C)C(=O)OCCNC(=O)SCCSCCSC(=O)NCC1CC23C[C@]2(CNC(=O)SCCSCCSC(=O)NCCOC(=O)C(=C)C)C32CC12. The van der Waals surface area contributed by atoms with Gasteiger partial charge in [-0.25, -0.2) is 9.59 Å². The number of thioether (sulfide) groups is 6. The third kappa shape index (κ3) is 11.2. The fourth-order valence-electron chi connectivity index (χ4n) is 7.70. The van der Waals surface area contributed by atoms with E-state index < -0.39 is 11.9 Å². The van der Waals surface area contributed by atoms with E-state index in [1.165, 1.54) is 59.9 Å². The van der Waals surface area contributed by atoms with Crippen LogP contribution >= 0.6 is 70.6 Å². The molecule has 2 spiro atoms. The number of carbonyl (C=O) groups is 6. The van der Waals surface area contributed by atoms with Crippen molar-refractivity contribution in [2.75, 3.05) is 85.4 Å². The second kappa shape index (κ2) is 20.4. The van der Waals surface area contributed by atoms with Gasteiger partial charge in [-0.1, -0.05) is 60.2 Å². The Labute approximate surface area is 332 Å². The molecule has 4 aliphatic carbocycles. The van der Waals surface area contributed by atoms with E-state index in [0.717, 1.165) is 54.0 Å². The molecular formula is C34H50N4O8S6. The molecule has 0 heterocycles. The first-order valence-corrected chi connectivity index (χ1v) is 23.6. The predicted molar refractivity (Wildman–Crippen MR) is 218 cm³/mol. The summed E-state index contributed by atoms with van der Waals surface area (Å²) in [6.07, 6.45) is 3.58. The second-order valence-corrected chi connectivity index (χ2v) is 20.0. The first kappa shape index (κ1) is 43.1. The maximum atomic E-state index is 12.5. The summed E-state index contributed by atoms with van der Waals surface area (Å²) in [4.78, 5) is 71.3. The summed E-state index contributed by atoms with van der Waals surface area (Å²) < 4.78 is 9.87. The molecule has 0 aliphatic heterocycles. The second-order valence-electron chi connectivity index (χ2n) is 13.3. The fourth-order valence-corrected chi connectivity index (χ4v) is 12.8. The maximum absolute atomic E-state index is 12.5. The average molecular weight is 835 g/mol. The molecule has 12 nitrogen and oxygen atoms in total. The van der Waals surface area contributed by atoms with Crippen LogP contribution in [0.5, 0.6) is 0 Å². The molecule has 0 aromatic heterocycles. The Morgan fingerprint density at radius 2 is 1.08 bits per heavy atom. The van der Waals surface area contributed by atoms with Gasteiger partial charge in [0.1, 0.15) is 13.2 Å². The van der Waals surface area contributed by atoms with Crippen LogP contribution in [0.15, 0.2) is 24.3 Å². The minimum absolute atomic E-state index is 0.0268. The Morgan fingerprint density at radius 3 is 1.50 bits per heavy atom. The molecule has 52 heavy (non-hydrogen) atoms. The van der Waals surface area contributed by atoms with Crippen molar-refractivity contribution in [3.8, 4) is 0 Å².